The van der Waals surface area contributed by atoms with Gasteiger partial charge in [0.05, 0.1) is 0 Å². The van der Waals surface area contributed by atoms with E-state index < -0.39 is 0 Å². The Labute approximate surface area is 193 Å². The summed E-state index contributed by atoms with van der Waals surface area (Å²) in [5.41, 5.74) is 2.48. The van der Waals surface area contributed by atoms with Crippen molar-refractivity contribution in [3.05, 3.63) is 65.7 Å². The number of fused-ring (bicyclic) bond motifs is 2. The summed E-state index contributed by atoms with van der Waals surface area (Å²) in [5.74, 6) is 1.32. The largest absolute Gasteiger partial charge is 0.508 e. The molecule has 0 saturated carbocycles. The molecular formula is C28H38N2O2. The normalized spacial score (nSPS) is 22.9. The molecule has 172 valence electrons. The van der Waals surface area contributed by atoms with Crippen LogP contribution < -0.4 is 0 Å². The van der Waals surface area contributed by atoms with Crippen molar-refractivity contribution in [1.29, 1.82) is 0 Å². The van der Waals surface area contributed by atoms with Gasteiger partial charge in [-0.25, -0.2) is 0 Å². The molecule has 0 aromatic heterocycles. The van der Waals surface area contributed by atoms with Crippen LogP contribution in [0.25, 0.3) is 0 Å². The molecule has 2 aliphatic heterocycles. The van der Waals surface area contributed by atoms with E-state index in [-0.39, 0.29) is 5.92 Å². The van der Waals surface area contributed by atoms with Crippen LogP contribution in [0.5, 0.6) is 5.75 Å². The fourth-order valence-electron chi connectivity index (χ4n) is 5.89. The molecule has 1 amide bonds. The molecule has 1 N–H and O–H groups in total. The van der Waals surface area contributed by atoms with Crippen LogP contribution in [0.2, 0.25) is 0 Å². The first kappa shape index (κ1) is 22.8. The Morgan fingerprint density at radius 3 is 2.34 bits per heavy atom. The SMILES string of the molecule is CCC(CC)C(=O)N(CCN1[C@@H]2CC[C@H]1CC(c1cccc(O)c1)C2)Cc1ccccc1. The molecule has 2 bridgehead atoms. The number of carbonyl (C=O) groups is 1. The molecule has 0 radical (unpaired) electrons. The minimum atomic E-state index is 0.118. The topological polar surface area (TPSA) is 43.8 Å². The Kier molecular flexibility index (Phi) is 7.51. The van der Waals surface area contributed by atoms with Gasteiger partial charge in [-0.15, -0.1) is 0 Å². The van der Waals surface area contributed by atoms with Crippen molar-refractivity contribution in [3.63, 3.8) is 0 Å². The van der Waals surface area contributed by atoms with Gasteiger partial charge in [-0.1, -0.05) is 56.3 Å². The first-order chi connectivity index (χ1) is 15.6. The number of piperidine rings is 1. The Morgan fingerprint density at radius 1 is 1.03 bits per heavy atom. The van der Waals surface area contributed by atoms with Crippen molar-refractivity contribution in [2.24, 2.45) is 5.92 Å². The fourth-order valence-corrected chi connectivity index (χ4v) is 5.89. The van der Waals surface area contributed by atoms with Gasteiger partial charge in [-0.2, -0.15) is 0 Å². The minimum absolute atomic E-state index is 0.118. The zero-order valence-electron chi connectivity index (χ0n) is 19.6. The van der Waals surface area contributed by atoms with Crippen molar-refractivity contribution >= 4 is 5.91 Å². The highest BCUT2D eigenvalue weighted by molar-refractivity contribution is 5.78. The van der Waals surface area contributed by atoms with Crippen LogP contribution in [0.3, 0.4) is 0 Å². The van der Waals surface area contributed by atoms with E-state index in [2.05, 4.69) is 54.0 Å². The maximum absolute atomic E-state index is 13.3. The Balaban J connectivity index is 1.42. The number of rotatable bonds is 9. The second-order valence-corrected chi connectivity index (χ2v) is 9.64. The van der Waals surface area contributed by atoms with Crippen molar-refractivity contribution in [3.8, 4) is 5.75 Å². The first-order valence-corrected chi connectivity index (χ1v) is 12.5. The molecule has 2 aromatic carbocycles. The summed E-state index contributed by atoms with van der Waals surface area (Å²) in [6, 6.07) is 19.4. The van der Waals surface area contributed by atoms with Gasteiger partial charge in [0.25, 0.3) is 0 Å². The molecule has 2 saturated heterocycles. The zero-order chi connectivity index (χ0) is 22.5. The quantitative estimate of drug-likeness (QED) is 0.561. The van der Waals surface area contributed by atoms with E-state index >= 15 is 0 Å². The summed E-state index contributed by atoms with van der Waals surface area (Å²) >= 11 is 0. The second-order valence-electron chi connectivity index (χ2n) is 9.64. The van der Waals surface area contributed by atoms with Crippen LogP contribution in [-0.4, -0.2) is 46.0 Å². The van der Waals surface area contributed by atoms with Gasteiger partial charge in [0.2, 0.25) is 5.91 Å². The van der Waals surface area contributed by atoms with Crippen LogP contribution in [0.1, 0.15) is 69.4 Å². The van der Waals surface area contributed by atoms with E-state index in [0.717, 1.165) is 38.8 Å². The predicted molar refractivity (Wildman–Crippen MR) is 130 cm³/mol. The number of phenolic OH excluding ortho intramolecular Hbond substituents is 1. The third-order valence-electron chi connectivity index (χ3n) is 7.72. The van der Waals surface area contributed by atoms with E-state index in [1.807, 2.05) is 18.2 Å². The molecule has 4 nitrogen and oxygen atoms in total. The molecule has 2 heterocycles. The number of hydrogen-bond acceptors (Lipinski definition) is 3. The van der Waals surface area contributed by atoms with Crippen molar-refractivity contribution in [2.75, 3.05) is 13.1 Å². The lowest BCUT2D eigenvalue weighted by Crippen LogP contribution is -2.47. The molecule has 32 heavy (non-hydrogen) atoms. The number of nitrogens with zero attached hydrogens (tertiary/aromatic N) is 2. The molecule has 1 unspecified atom stereocenters. The highest BCUT2D eigenvalue weighted by Gasteiger charge is 2.41. The van der Waals surface area contributed by atoms with Crippen LogP contribution in [-0.2, 0) is 11.3 Å². The summed E-state index contributed by atoms with van der Waals surface area (Å²) < 4.78 is 0. The van der Waals surface area contributed by atoms with Gasteiger partial charge in [-0.05, 0) is 67.7 Å². The van der Waals surface area contributed by atoms with Gasteiger partial charge in [0.15, 0.2) is 0 Å². The second kappa shape index (κ2) is 10.5. The molecule has 0 aliphatic carbocycles. The zero-order valence-corrected chi connectivity index (χ0v) is 19.6. The predicted octanol–water partition coefficient (Wildman–Crippen LogP) is 5.57. The summed E-state index contributed by atoms with van der Waals surface area (Å²) in [5, 5.41) is 9.90. The van der Waals surface area contributed by atoms with Gasteiger partial charge >= 0.3 is 0 Å². The molecule has 2 aromatic rings. The van der Waals surface area contributed by atoms with Crippen LogP contribution in [0, 0.1) is 5.92 Å². The molecule has 0 spiro atoms. The maximum atomic E-state index is 13.3. The van der Waals surface area contributed by atoms with Gasteiger partial charge < -0.3 is 10.0 Å². The Hall–Kier alpha value is -2.33. The van der Waals surface area contributed by atoms with Crippen molar-refractivity contribution in [2.45, 2.75) is 76.9 Å². The molecular weight excluding hydrogens is 396 g/mol. The lowest BCUT2D eigenvalue weighted by molar-refractivity contribution is -0.136. The molecule has 3 atom stereocenters. The number of benzene rings is 2. The van der Waals surface area contributed by atoms with Crippen molar-refractivity contribution < 1.29 is 9.90 Å². The monoisotopic (exact) mass is 434 g/mol. The molecule has 2 aliphatic rings. The van der Waals surface area contributed by atoms with E-state index in [0.29, 0.717) is 36.2 Å². The number of carbonyl (C=O) groups excluding carboxylic acids is 1. The number of phenols is 1. The third-order valence-corrected chi connectivity index (χ3v) is 7.72. The third kappa shape index (κ3) is 5.17. The van der Waals surface area contributed by atoms with E-state index in [1.165, 1.54) is 24.0 Å². The summed E-state index contributed by atoms with van der Waals surface area (Å²) in [7, 11) is 0. The Morgan fingerprint density at radius 2 is 1.72 bits per heavy atom. The summed E-state index contributed by atoms with van der Waals surface area (Å²) in [4.78, 5) is 18.1. The average Bonchev–Trinajstić information content (AvgIpc) is 3.04. The standard InChI is InChI=1S/C28H38N2O2/c1-3-22(4-2)28(32)29(20-21-9-6-5-7-10-21)15-16-30-25-13-14-26(30)18-24(17-25)23-11-8-12-27(31)19-23/h5-12,19,22,24-26,31H,3-4,13-18,20H2,1-2H3/t24?,25-,26+. The smallest absolute Gasteiger partial charge is 0.226 e. The summed E-state index contributed by atoms with van der Waals surface area (Å²) in [6.07, 6.45) is 6.61. The number of amides is 1. The highest BCUT2D eigenvalue weighted by Crippen LogP contribution is 2.43. The summed E-state index contributed by atoms with van der Waals surface area (Å²) in [6.45, 7) is 6.71. The average molecular weight is 435 g/mol. The molecule has 4 heteroatoms. The molecule has 4 rings (SSSR count). The highest BCUT2D eigenvalue weighted by atomic mass is 16.3. The van der Waals surface area contributed by atoms with E-state index in [4.69, 9.17) is 0 Å². The number of aromatic hydroxyl groups is 1. The lowest BCUT2D eigenvalue weighted by Gasteiger charge is -2.40. The van der Waals surface area contributed by atoms with Gasteiger partial charge in [-0.3, -0.25) is 9.69 Å². The first-order valence-electron chi connectivity index (χ1n) is 12.5. The van der Waals surface area contributed by atoms with Crippen LogP contribution >= 0.6 is 0 Å². The fraction of sp³-hybridized carbons (Fsp3) is 0.536. The van der Waals surface area contributed by atoms with Gasteiger partial charge in [0, 0.05) is 37.6 Å². The molecule has 2 fully saturated rings. The van der Waals surface area contributed by atoms with Crippen LogP contribution in [0.15, 0.2) is 54.6 Å². The van der Waals surface area contributed by atoms with E-state index in [1.54, 1.807) is 6.07 Å². The maximum Gasteiger partial charge on any atom is 0.226 e. The van der Waals surface area contributed by atoms with Crippen LogP contribution in [0.4, 0.5) is 0 Å². The van der Waals surface area contributed by atoms with E-state index in [9.17, 15) is 9.90 Å². The Bertz CT molecular complexity index is 866. The lowest BCUT2D eigenvalue weighted by atomic mass is 9.85. The van der Waals surface area contributed by atoms with Crippen molar-refractivity contribution in [1.82, 2.24) is 9.80 Å². The van der Waals surface area contributed by atoms with Gasteiger partial charge in [0.1, 0.15) is 5.75 Å². The minimum Gasteiger partial charge on any atom is -0.508 e. The number of hydrogen-bond donors (Lipinski definition) is 1.